The summed E-state index contributed by atoms with van der Waals surface area (Å²) in [5.41, 5.74) is 4.44. The van der Waals surface area contributed by atoms with Crippen LogP contribution in [0, 0.1) is 0 Å². The summed E-state index contributed by atoms with van der Waals surface area (Å²) in [6.45, 7) is 1.06. The van der Waals surface area contributed by atoms with Crippen LogP contribution in [0.25, 0.3) is 0 Å². The van der Waals surface area contributed by atoms with Crippen molar-refractivity contribution in [2.24, 2.45) is 0 Å². The Kier molecular flexibility index (Phi) is 3.42. The third-order valence-corrected chi connectivity index (χ3v) is 3.78. The molecule has 0 spiro atoms. The molecule has 0 bridgehead atoms. The Bertz CT molecular complexity index is 504. The fourth-order valence-corrected chi connectivity index (χ4v) is 2.80. The molecule has 1 nitrogen and oxygen atoms in total. The lowest BCUT2D eigenvalue weighted by Gasteiger charge is -2.13. The molecule has 18 heavy (non-hydrogen) atoms. The van der Waals surface area contributed by atoms with E-state index in [-0.39, 0.29) is 0 Å². The molecule has 0 saturated heterocycles. The molecule has 2 aromatic carbocycles. The van der Waals surface area contributed by atoms with Gasteiger partial charge in [0.1, 0.15) is 0 Å². The van der Waals surface area contributed by atoms with E-state index in [0.717, 1.165) is 13.0 Å². The van der Waals surface area contributed by atoms with Crippen molar-refractivity contribution >= 4 is 0 Å². The predicted molar refractivity (Wildman–Crippen MR) is 75.7 cm³/mol. The normalized spacial score (nSPS) is 17.7. The summed E-state index contributed by atoms with van der Waals surface area (Å²) in [4.78, 5) is 0. The molecular weight excluding hydrogens is 218 g/mol. The Morgan fingerprint density at radius 3 is 2.61 bits per heavy atom. The second-order valence-corrected chi connectivity index (χ2v) is 4.98. The predicted octanol–water partition coefficient (Wildman–Crippen LogP) is 3.51. The number of benzene rings is 2. The van der Waals surface area contributed by atoms with Gasteiger partial charge >= 0.3 is 0 Å². The first-order chi connectivity index (χ1) is 8.93. The molecule has 0 fully saturated rings. The highest BCUT2D eigenvalue weighted by Crippen LogP contribution is 2.30. The maximum Gasteiger partial charge on any atom is 0.0326 e. The molecule has 0 aliphatic heterocycles. The van der Waals surface area contributed by atoms with Gasteiger partial charge in [-0.05, 0) is 42.5 Å². The van der Waals surface area contributed by atoms with Crippen molar-refractivity contribution in [2.45, 2.75) is 25.3 Å². The summed E-state index contributed by atoms with van der Waals surface area (Å²) in [5.74, 6) is 0. The number of rotatable bonds is 4. The number of hydrogen-bond donors (Lipinski definition) is 1. The molecule has 1 N–H and O–H groups in total. The fourth-order valence-electron chi connectivity index (χ4n) is 2.80. The Hall–Kier alpha value is -1.60. The Morgan fingerprint density at radius 1 is 0.944 bits per heavy atom. The smallest absolute Gasteiger partial charge is 0.0326 e. The molecule has 1 atom stereocenters. The second kappa shape index (κ2) is 5.36. The van der Waals surface area contributed by atoms with Gasteiger partial charge in [-0.25, -0.2) is 0 Å². The van der Waals surface area contributed by atoms with Gasteiger partial charge in [0.15, 0.2) is 0 Å². The van der Waals surface area contributed by atoms with Crippen LogP contribution in [-0.2, 0) is 12.8 Å². The monoisotopic (exact) mass is 237 g/mol. The van der Waals surface area contributed by atoms with Crippen LogP contribution in [0.5, 0.6) is 0 Å². The molecule has 0 radical (unpaired) electrons. The van der Waals surface area contributed by atoms with E-state index in [0.29, 0.717) is 6.04 Å². The van der Waals surface area contributed by atoms with Gasteiger partial charge in [0.05, 0.1) is 0 Å². The van der Waals surface area contributed by atoms with Crippen molar-refractivity contribution < 1.29 is 0 Å². The minimum Gasteiger partial charge on any atom is -0.310 e. The van der Waals surface area contributed by atoms with Crippen LogP contribution in [-0.4, -0.2) is 6.54 Å². The van der Waals surface area contributed by atoms with Gasteiger partial charge in [-0.3, -0.25) is 0 Å². The molecular formula is C17H19N. The Morgan fingerprint density at radius 2 is 1.72 bits per heavy atom. The summed E-state index contributed by atoms with van der Waals surface area (Å²) >= 11 is 0. The van der Waals surface area contributed by atoms with E-state index in [1.165, 1.54) is 29.5 Å². The number of hydrogen-bond acceptors (Lipinski definition) is 1. The summed E-state index contributed by atoms with van der Waals surface area (Å²) in [5, 5.41) is 3.69. The average molecular weight is 237 g/mol. The van der Waals surface area contributed by atoms with E-state index in [4.69, 9.17) is 0 Å². The molecule has 0 saturated carbocycles. The van der Waals surface area contributed by atoms with E-state index in [2.05, 4.69) is 59.9 Å². The SMILES string of the molecule is c1ccc(CCNC2CCc3ccccc32)cc1. The van der Waals surface area contributed by atoms with Crippen LogP contribution >= 0.6 is 0 Å². The topological polar surface area (TPSA) is 12.0 Å². The summed E-state index contributed by atoms with van der Waals surface area (Å²) < 4.78 is 0. The van der Waals surface area contributed by atoms with E-state index in [9.17, 15) is 0 Å². The van der Waals surface area contributed by atoms with Gasteiger partial charge in [0.2, 0.25) is 0 Å². The van der Waals surface area contributed by atoms with Crippen LogP contribution in [0.15, 0.2) is 54.6 Å². The molecule has 2 aromatic rings. The van der Waals surface area contributed by atoms with Gasteiger partial charge in [0.25, 0.3) is 0 Å². The molecule has 92 valence electrons. The molecule has 1 heteroatoms. The van der Waals surface area contributed by atoms with Crippen molar-refractivity contribution in [2.75, 3.05) is 6.54 Å². The Labute approximate surface area is 109 Å². The summed E-state index contributed by atoms with van der Waals surface area (Å²) in [6.07, 6.45) is 3.58. The van der Waals surface area contributed by atoms with Crippen molar-refractivity contribution in [3.05, 3.63) is 71.3 Å². The van der Waals surface area contributed by atoms with Crippen LogP contribution in [0.4, 0.5) is 0 Å². The highest BCUT2D eigenvalue weighted by atomic mass is 14.9. The molecule has 3 rings (SSSR count). The van der Waals surface area contributed by atoms with Gasteiger partial charge < -0.3 is 5.32 Å². The largest absolute Gasteiger partial charge is 0.310 e. The first-order valence-electron chi connectivity index (χ1n) is 6.78. The molecule has 0 aromatic heterocycles. The second-order valence-electron chi connectivity index (χ2n) is 4.98. The molecule has 1 unspecified atom stereocenters. The zero-order valence-corrected chi connectivity index (χ0v) is 10.6. The lowest BCUT2D eigenvalue weighted by atomic mass is 10.1. The van der Waals surface area contributed by atoms with Crippen LogP contribution in [0.3, 0.4) is 0 Å². The summed E-state index contributed by atoms with van der Waals surface area (Å²) in [6, 6.07) is 20.1. The Balaban J connectivity index is 1.56. The summed E-state index contributed by atoms with van der Waals surface area (Å²) in [7, 11) is 0. The minimum absolute atomic E-state index is 0.560. The maximum atomic E-state index is 3.69. The zero-order valence-electron chi connectivity index (χ0n) is 10.6. The lowest BCUT2D eigenvalue weighted by molar-refractivity contribution is 0.533. The molecule has 0 heterocycles. The van der Waals surface area contributed by atoms with Crippen LogP contribution < -0.4 is 5.32 Å². The number of aryl methyl sites for hydroxylation is 1. The molecule has 0 amide bonds. The van der Waals surface area contributed by atoms with Gasteiger partial charge in [-0.15, -0.1) is 0 Å². The molecule has 1 aliphatic carbocycles. The van der Waals surface area contributed by atoms with Crippen LogP contribution in [0.1, 0.15) is 29.2 Å². The highest BCUT2D eigenvalue weighted by molar-refractivity contribution is 5.34. The first kappa shape index (κ1) is 11.5. The third-order valence-electron chi connectivity index (χ3n) is 3.78. The van der Waals surface area contributed by atoms with Crippen LogP contribution in [0.2, 0.25) is 0 Å². The number of fused-ring (bicyclic) bond motifs is 1. The van der Waals surface area contributed by atoms with E-state index in [1.807, 2.05) is 0 Å². The zero-order chi connectivity index (χ0) is 12.2. The fraction of sp³-hybridized carbons (Fsp3) is 0.294. The van der Waals surface area contributed by atoms with Gasteiger partial charge in [0, 0.05) is 6.04 Å². The van der Waals surface area contributed by atoms with Crippen molar-refractivity contribution in [3.8, 4) is 0 Å². The third kappa shape index (κ3) is 2.46. The van der Waals surface area contributed by atoms with E-state index < -0.39 is 0 Å². The van der Waals surface area contributed by atoms with Crippen molar-refractivity contribution in [1.29, 1.82) is 0 Å². The quantitative estimate of drug-likeness (QED) is 0.858. The van der Waals surface area contributed by atoms with Crippen molar-refractivity contribution in [3.63, 3.8) is 0 Å². The maximum absolute atomic E-state index is 3.69. The van der Waals surface area contributed by atoms with Crippen molar-refractivity contribution in [1.82, 2.24) is 5.32 Å². The standard InChI is InChI=1S/C17H19N/c1-2-6-14(7-3-1)12-13-18-17-11-10-15-8-4-5-9-16(15)17/h1-9,17-18H,10-13H2. The number of nitrogens with one attached hydrogen (secondary N) is 1. The first-order valence-corrected chi connectivity index (χ1v) is 6.78. The van der Waals surface area contributed by atoms with Gasteiger partial charge in [-0.1, -0.05) is 54.6 Å². The van der Waals surface area contributed by atoms with Gasteiger partial charge in [-0.2, -0.15) is 0 Å². The minimum atomic E-state index is 0.560. The van der Waals surface area contributed by atoms with E-state index >= 15 is 0 Å². The highest BCUT2D eigenvalue weighted by Gasteiger charge is 2.20. The average Bonchev–Trinajstić information content (AvgIpc) is 2.84. The molecule has 1 aliphatic rings. The lowest BCUT2D eigenvalue weighted by Crippen LogP contribution is -2.21. The van der Waals surface area contributed by atoms with E-state index in [1.54, 1.807) is 0 Å².